The number of rotatable bonds is 35. The number of ether oxygens (including phenoxy) is 5. The quantitative estimate of drug-likeness (QED) is 0.0190. The largest absolute Gasteiger partial charge is 0.441 e. The van der Waals surface area contributed by atoms with Gasteiger partial charge in [-0.2, -0.15) is 0 Å². The van der Waals surface area contributed by atoms with Crippen molar-refractivity contribution >= 4 is 86.7 Å². The molecule has 96 heavy (non-hydrogen) atoms. The van der Waals surface area contributed by atoms with E-state index in [0.717, 1.165) is 12.5 Å². The number of nitrogens with two attached hydrogens (primary N) is 5. The van der Waals surface area contributed by atoms with E-state index in [1.54, 1.807) is 17.0 Å². The highest BCUT2D eigenvalue weighted by Crippen LogP contribution is 2.35. The number of imidazole rings is 1. The Bertz CT molecular complexity index is 3330. The van der Waals surface area contributed by atoms with Crippen LogP contribution in [0.3, 0.4) is 0 Å². The van der Waals surface area contributed by atoms with E-state index in [9.17, 15) is 78.6 Å². The Morgan fingerprint density at radius 3 is 2.10 bits per heavy atom. The molecule has 0 bridgehead atoms. The highest BCUT2D eigenvalue weighted by molar-refractivity contribution is 7.84. The summed E-state index contributed by atoms with van der Waals surface area (Å²) in [5, 5.41) is 108. The standard InChI is InChI=1S/C54H81N17O22S3/c1-19-32(68-45(71-43(19)57)24(11-30(56)75)63-12-23(55)44(58)81)49(85)70-34(40(25-13-60-18-64-25)91-53-42(38(79)36(77)28(14-72)90-53)92-52-39(80)41(93-54(59)87)37(78)29(15-73)89-52)50(86)65-21(3)35(76)20(2)46(82)69-33(22(4)74)48(84)62-9-7-31-66-27(17-94-31)51-67-26(16-95-51)47(83)61-8-6-10-96(5)88/h13,16-18,20-24,28-29,33-42,52-53,63,72-74,76-80H,6-12,14-15,55H2,1-5H3,(H2,56,75)(H2,58,81)(H2,59,87)(H,60,64)(H,61,83)(H,62,84)(H,65,86)(H,69,82)(H,70,85)(H2,57,68,71)/t20-,21+,22+,23-,24-,28-,29+,33-,34-,35-,36+,37+,38-,39-,40-,41-,42-,52+,53-,96?/m0/s1. The first-order chi connectivity index (χ1) is 45.3. The molecule has 39 nitrogen and oxygen atoms in total. The number of aromatic amines is 1. The Morgan fingerprint density at radius 1 is 0.792 bits per heavy atom. The van der Waals surface area contributed by atoms with Gasteiger partial charge in [0.05, 0.1) is 72.7 Å². The maximum atomic E-state index is 15.2. The van der Waals surface area contributed by atoms with E-state index in [1.165, 1.54) is 50.4 Å². The van der Waals surface area contributed by atoms with Gasteiger partial charge in [0.25, 0.3) is 11.8 Å². The number of anilines is 1. The van der Waals surface area contributed by atoms with Gasteiger partial charge in [-0.3, -0.25) is 37.8 Å². The van der Waals surface area contributed by atoms with Crippen LogP contribution in [0.4, 0.5) is 10.6 Å². The fourth-order valence-electron chi connectivity index (χ4n) is 9.71. The summed E-state index contributed by atoms with van der Waals surface area (Å²) in [6, 6.07) is -7.89. The van der Waals surface area contributed by atoms with Crippen molar-refractivity contribution in [3.05, 3.63) is 56.8 Å². The van der Waals surface area contributed by atoms with Crippen LogP contribution in [0.15, 0.2) is 23.3 Å². The molecular formula is C54H81N17O22S3. The number of primary amides is 3. The molecule has 0 aliphatic carbocycles. The van der Waals surface area contributed by atoms with Crippen molar-refractivity contribution in [3.8, 4) is 10.7 Å². The summed E-state index contributed by atoms with van der Waals surface area (Å²) in [4.78, 5) is 130. The average molecular weight is 1420 g/mol. The zero-order valence-corrected chi connectivity index (χ0v) is 54.7. The lowest BCUT2D eigenvalue weighted by Crippen LogP contribution is -2.65. The van der Waals surface area contributed by atoms with Crippen molar-refractivity contribution in [2.45, 2.75) is 157 Å². The third-order valence-electron chi connectivity index (χ3n) is 15.2. The van der Waals surface area contributed by atoms with Crippen molar-refractivity contribution < 1.29 is 107 Å². The highest BCUT2D eigenvalue weighted by atomic mass is 32.2. The second kappa shape index (κ2) is 35.7. The fourth-order valence-corrected chi connectivity index (χ4v) is 11.9. The number of aliphatic hydroxyl groups is 8. The summed E-state index contributed by atoms with van der Waals surface area (Å²) < 4.78 is 40.0. The molecule has 2 aliphatic heterocycles. The number of hydrogen-bond acceptors (Lipinski definition) is 32. The Hall–Kier alpha value is -7.50. The molecule has 4 aromatic heterocycles. The summed E-state index contributed by atoms with van der Waals surface area (Å²) in [5.41, 5.74) is 27.9. The van der Waals surface area contributed by atoms with Crippen molar-refractivity contribution in [2.75, 3.05) is 50.6 Å². The van der Waals surface area contributed by atoms with E-state index in [1.807, 2.05) is 0 Å². The third-order valence-corrected chi connectivity index (χ3v) is 17.8. The van der Waals surface area contributed by atoms with Crippen molar-refractivity contribution in [3.63, 3.8) is 0 Å². The van der Waals surface area contributed by atoms with Gasteiger partial charge in [0.15, 0.2) is 18.7 Å². The maximum Gasteiger partial charge on any atom is 0.404 e. The summed E-state index contributed by atoms with van der Waals surface area (Å²) in [6.07, 6.45) is -23.1. The van der Waals surface area contributed by atoms with Crippen LogP contribution in [0.2, 0.25) is 0 Å². The summed E-state index contributed by atoms with van der Waals surface area (Å²) in [6.45, 7) is 2.90. The third kappa shape index (κ3) is 20.5. The van der Waals surface area contributed by atoms with E-state index in [0.29, 0.717) is 34.4 Å². The Balaban J connectivity index is 1.26. The molecule has 532 valence electrons. The van der Waals surface area contributed by atoms with Gasteiger partial charge in [0.1, 0.15) is 94.6 Å². The van der Waals surface area contributed by atoms with E-state index in [2.05, 4.69) is 61.8 Å². The smallest absolute Gasteiger partial charge is 0.404 e. The molecule has 2 saturated heterocycles. The molecule has 20 atom stereocenters. The molecule has 8 amide bonds. The van der Waals surface area contributed by atoms with Crippen LogP contribution >= 0.6 is 22.7 Å². The number of aromatic nitrogens is 6. The molecule has 4 aromatic rings. The predicted molar refractivity (Wildman–Crippen MR) is 334 cm³/mol. The van der Waals surface area contributed by atoms with Gasteiger partial charge in [0.2, 0.25) is 29.5 Å². The summed E-state index contributed by atoms with van der Waals surface area (Å²) in [5.74, 6) is -8.42. The van der Waals surface area contributed by atoms with Crippen LogP contribution in [-0.4, -0.2) is 265 Å². The average Bonchev–Trinajstić information content (AvgIpc) is 0.885. The minimum Gasteiger partial charge on any atom is -0.441 e. The number of nitrogen functional groups attached to an aromatic ring is 1. The molecule has 2 fully saturated rings. The number of amides is 8. The predicted octanol–water partition coefficient (Wildman–Crippen LogP) is -8.20. The van der Waals surface area contributed by atoms with Gasteiger partial charge < -0.3 is 130 Å². The van der Waals surface area contributed by atoms with E-state index in [-0.39, 0.29) is 48.1 Å². The molecule has 0 aromatic carbocycles. The molecule has 1 unspecified atom stereocenters. The lowest BCUT2D eigenvalue weighted by atomic mass is 9.96. The van der Waals surface area contributed by atoms with Gasteiger partial charge in [-0.25, -0.2) is 29.7 Å². The molecule has 6 rings (SSSR count). The van der Waals surface area contributed by atoms with Crippen LogP contribution in [0, 0.1) is 12.8 Å². The minimum absolute atomic E-state index is 0.0272. The SMILES string of the molecule is Cc1c(N)nc([C@H](CC(N)=O)NC[C@H](N)C(N)=O)nc1C(=O)N[C@H](C(=O)N[C@H](C)[C@@H](O)[C@H](C)C(=O)N[C@H](C(=O)NCCc1nc(-c2nc(C(=O)NCCCS(C)=O)cs2)cs1)[C@@H](C)O)[C@@H](O[C@@H]1O[C@@H](CO)[C@@H](O)[C@H](O)[C@@H]1O[C@H]1O[C@H](CO)[C@@H](O)[C@H](OC(N)=O)[C@@H]1O)c1cnc[nH]1. The van der Waals surface area contributed by atoms with Gasteiger partial charge in [-0.15, -0.1) is 22.7 Å². The number of thiazole rings is 2. The van der Waals surface area contributed by atoms with Crippen LogP contribution in [0.1, 0.15) is 88.8 Å². The number of carbonyl (C=O) groups is 8. The second-order valence-electron chi connectivity index (χ2n) is 22.4. The van der Waals surface area contributed by atoms with Crippen LogP contribution in [-0.2, 0) is 64.9 Å². The number of nitrogens with zero attached hydrogens (tertiary/aromatic N) is 5. The zero-order chi connectivity index (χ0) is 71.0. The minimum atomic E-state index is -2.20. The lowest BCUT2D eigenvalue weighted by molar-refractivity contribution is -0.372. The van der Waals surface area contributed by atoms with E-state index >= 15 is 4.79 Å². The molecule has 0 saturated carbocycles. The van der Waals surface area contributed by atoms with Crippen molar-refractivity contribution in [2.24, 2.45) is 28.9 Å². The van der Waals surface area contributed by atoms with Gasteiger partial charge >= 0.3 is 6.09 Å². The van der Waals surface area contributed by atoms with Gasteiger partial charge in [-0.05, 0) is 27.2 Å². The number of aliphatic hydroxyl groups excluding tert-OH is 8. The Labute approximate surface area is 557 Å². The van der Waals surface area contributed by atoms with Gasteiger partial charge in [0, 0.05) is 71.6 Å². The molecule has 6 heterocycles. The van der Waals surface area contributed by atoms with Crippen molar-refractivity contribution in [1.82, 2.24) is 61.8 Å². The molecule has 0 radical (unpaired) electrons. The second-order valence-corrected chi connectivity index (χ2v) is 25.8. The van der Waals surface area contributed by atoms with E-state index < -0.39 is 199 Å². The fraction of sp³-hybridized carbons (Fsp3) is 0.611. The topological polar surface area (TPSA) is 644 Å². The molecule has 2 aliphatic rings. The molecule has 42 heteroatoms. The van der Waals surface area contributed by atoms with Gasteiger partial charge in [-0.1, -0.05) is 6.92 Å². The van der Waals surface area contributed by atoms with Crippen LogP contribution in [0.5, 0.6) is 0 Å². The number of carbonyl (C=O) groups excluding carboxylic acids is 8. The number of H-pyrrole nitrogens is 1. The first kappa shape index (κ1) is 77.5. The molecular weight excluding hydrogens is 1330 g/mol. The van der Waals surface area contributed by atoms with Crippen LogP contribution in [0.25, 0.3) is 10.7 Å². The number of hydrogen-bond donors (Lipinski definition) is 20. The number of nitrogens with one attached hydrogen (secondary N) is 7. The summed E-state index contributed by atoms with van der Waals surface area (Å²) >= 11 is 2.44. The Morgan fingerprint density at radius 2 is 1.48 bits per heavy atom. The first-order valence-corrected chi connectivity index (χ1v) is 33.1. The monoisotopic (exact) mass is 1420 g/mol. The van der Waals surface area contributed by atoms with E-state index in [4.69, 9.17) is 52.4 Å². The summed E-state index contributed by atoms with van der Waals surface area (Å²) in [7, 11) is -0.996. The Kier molecular flexibility index (Phi) is 28.8. The lowest BCUT2D eigenvalue weighted by Gasteiger charge is -2.47. The maximum absolute atomic E-state index is 15.2. The van der Waals surface area contributed by atoms with Crippen molar-refractivity contribution in [1.29, 1.82) is 0 Å². The normalized spacial score (nSPS) is 24.3. The highest BCUT2D eigenvalue weighted by Gasteiger charge is 2.54. The first-order valence-electron chi connectivity index (χ1n) is 29.6. The zero-order valence-electron chi connectivity index (χ0n) is 52.3. The molecule has 25 N–H and O–H groups in total. The molecule has 0 spiro atoms. The van der Waals surface area contributed by atoms with Crippen LogP contribution < -0.4 is 60.6 Å².